The lowest BCUT2D eigenvalue weighted by atomic mass is 10.2. The number of carbonyl (C=O) groups is 1. The smallest absolute Gasteiger partial charge is 0.253 e. The summed E-state index contributed by atoms with van der Waals surface area (Å²) in [5.41, 5.74) is 0.500. The predicted molar refractivity (Wildman–Crippen MR) is 97.2 cm³/mol. The van der Waals surface area contributed by atoms with Gasteiger partial charge in [-0.15, -0.1) is 0 Å². The Hall–Kier alpha value is -2.16. The molecule has 1 amide bonds. The summed E-state index contributed by atoms with van der Waals surface area (Å²) in [5.74, 6) is 0.472. The molecule has 0 bridgehead atoms. The number of sulfonamides is 1. The van der Waals surface area contributed by atoms with Crippen molar-refractivity contribution in [2.75, 3.05) is 32.7 Å². The van der Waals surface area contributed by atoms with E-state index in [2.05, 4.69) is 16.5 Å². The SMILES string of the molecule is CCN1CCN(C(=O)c2ccc(S(=O)(=O)NCc3ccco3)cc2)CC1. The number of likely N-dealkylation sites (N-methyl/N-ethyl adjacent to an activating group) is 1. The number of rotatable bonds is 6. The molecule has 1 aliphatic heterocycles. The first-order valence-electron chi connectivity index (χ1n) is 8.63. The molecule has 1 fully saturated rings. The van der Waals surface area contributed by atoms with Gasteiger partial charge < -0.3 is 14.2 Å². The van der Waals surface area contributed by atoms with Crippen LogP contribution in [0.1, 0.15) is 23.0 Å². The van der Waals surface area contributed by atoms with Crippen LogP contribution in [0.3, 0.4) is 0 Å². The van der Waals surface area contributed by atoms with Crippen molar-refractivity contribution < 1.29 is 17.6 Å². The molecule has 1 N–H and O–H groups in total. The van der Waals surface area contributed by atoms with E-state index >= 15 is 0 Å². The van der Waals surface area contributed by atoms with Crippen molar-refractivity contribution in [3.8, 4) is 0 Å². The molecule has 2 aromatic rings. The average molecular weight is 377 g/mol. The first-order valence-corrected chi connectivity index (χ1v) is 10.1. The molecule has 1 aliphatic rings. The van der Waals surface area contributed by atoms with Gasteiger partial charge in [0.2, 0.25) is 10.0 Å². The molecule has 3 rings (SSSR count). The highest BCUT2D eigenvalue weighted by atomic mass is 32.2. The third-order valence-corrected chi connectivity index (χ3v) is 5.95. The van der Waals surface area contributed by atoms with Gasteiger partial charge in [0.1, 0.15) is 5.76 Å². The van der Waals surface area contributed by atoms with Crippen LogP contribution in [0.15, 0.2) is 52.0 Å². The first-order chi connectivity index (χ1) is 12.5. The summed E-state index contributed by atoms with van der Waals surface area (Å²) >= 11 is 0. The number of amides is 1. The molecule has 1 saturated heterocycles. The van der Waals surface area contributed by atoms with Gasteiger partial charge in [-0.25, -0.2) is 13.1 Å². The molecular formula is C18H23N3O4S. The van der Waals surface area contributed by atoms with Gasteiger partial charge in [0.25, 0.3) is 5.91 Å². The zero-order chi connectivity index (χ0) is 18.6. The van der Waals surface area contributed by atoms with Crippen LogP contribution >= 0.6 is 0 Å². The molecule has 2 heterocycles. The Balaban J connectivity index is 1.63. The number of hydrogen-bond acceptors (Lipinski definition) is 5. The van der Waals surface area contributed by atoms with Gasteiger partial charge in [0.05, 0.1) is 17.7 Å². The van der Waals surface area contributed by atoms with Gasteiger partial charge in [0, 0.05) is 31.7 Å². The van der Waals surface area contributed by atoms with Crippen LogP contribution in [0.25, 0.3) is 0 Å². The first kappa shape index (κ1) is 18.6. The van der Waals surface area contributed by atoms with Crippen molar-refractivity contribution in [2.45, 2.75) is 18.4 Å². The molecule has 1 aromatic heterocycles. The van der Waals surface area contributed by atoms with Gasteiger partial charge in [-0.1, -0.05) is 6.92 Å². The number of benzene rings is 1. The number of hydrogen-bond donors (Lipinski definition) is 1. The number of furan rings is 1. The topological polar surface area (TPSA) is 82.9 Å². The van der Waals surface area contributed by atoms with Gasteiger partial charge >= 0.3 is 0 Å². The Morgan fingerprint density at radius 2 is 1.81 bits per heavy atom. The van der Waals surface area contributed by atoms with E-state index < -0.39 is 10.0 Å². The lowest BCUT2D eigenvalue weighted by Gasteiger charge is -2.34. The molecule has 140 valence electrons. The van der Waals surface area contributed by atoms with Crippen molar-refractivity contribution in [1.82, 2.24) is 14.5 Å². The van der Waals surface area contributed by atoms with Gasteiger partial charge in [-0.2, -0.15) is 0 Å². The zero-order valence-corrected chi connectivity index (χ0v) is 15.5. The van der Waals surface area contributed by atoms with E-state index in [0.29, 0.717) is 24.4 Å². The Morgan fingerprint density at radius 1 is 1.12 bits per heavy atom. The summed E-state index contributed by atoms with van der Waals surface area (Å²) in [4.78, 5) is 16.8. The zero-order valence-electron chi connectivity index (χ0n) is 14.7. The second-order valence-corrected chi connectivity index (χ2v) is 7.92. The summed E-state index contributed by atoms with van der Waals surface area (Å²) in [6.07, 6.45) is 1.49. The van der Waals surface area contributed by atoms with Gasteiger partial charge in [-0.3, -0.25) is 4.79 Å². The van der Waals surface area contributed by atoms with Crippen molar-refractivity contribution >= 4 is 15.9 Å². The molecule has 0 aliphatic carbocycles. The quantitative estimate of drug-likeness (QED) is 0.826. The number of nitrogens with one attached hydrogen (secondary N) is 1. The Labute approximate surface area is 153 Å². The number of carbonyl (C=O) groups excluding carboxylic acids is 1. The monoisotopic (exact) mass is 377 g/mol. The highest BCUT2D eigenvalue weighted by Crippen LogP contribution is 2.14. The molecule has 8 heteroatoms. The van der Waals surface area contributed by atoms with Crippen LogP contribution in [0.4, 0.5) is 0 Å². The van der Waals surface area contributed by atoms with Crippen LogP contribution in [-0.2, 0) is 16.6 Å². The van der Waals surface area contributed by atoms with Crippen LogP contribution < -0.4 is 4.72 Å². The molecule has 0 atom stereocenters. The van der Waals surface area contributed by atoms with Crippen LogP contribution in [0.2, 0.25) is 0 Å². The predicted octanol–water partition coefficient (Wildman–Crippen LogP) is 1.54. The van der Waals surface area contributed by atoms with Crippen LogP contribution in [0.5, 0.6) is 0 Å². The van der Waals surface area contributed by atoms with Crippen LogP contribution in [0, 0.1) is 0 Å². The second kappa shape index (κ2) is 8.03. The van der Waals surface area contributed by atoms with Gasteiger partial charge in [-0.05, 0) is 42.9 Å². The molecule has 0 unspecified atom stereocenters. The van der Waals surface area contributed by atoms with E-state index in [-0.39, 0.29) is 17.3 Å². The van der Waals surface area contributed by atoms with E-state index in [0.717, 1.165) is 19.6 Å². The molecule has 1 aromatic carbocycles. The molecular weight excluding hydrogens is 354 g/mol. The van der Waals surface area contributed by atoms with E-state index in [4.69, 9.17) is 4.42 Å². The fraction of sp³-hybridized carbons (Fsp3) is 0.389. The fourth-order valence-corrected chi connectivity index (χ4v) is 3.88. The van der Waals surface area contributed by atoms with Crippen molar-refractivity contribution in [3.63, 3.8) is 0 Å². The van der Waals surface area contributed by atoms with Crippen molar-refractivity contribution in [3.05, 3.63) is 54.0 Å². The third kappa shape index (κ3) is 4.32. The number of nitrogens with zero attached hydrogens (tertiary/aromatic N) is 2. The summed E-state index contributed by atoms with van der Waals surface area (Å²) < 4.78 is 32.2. The molecule has 0 spiro atoms. The normalized spacial score (nSPS) is 16.0. The fourth-order valence-electron chi connectivity index (χ4n) is 2.89. The minimum absolute atomic E-state index is 0.0618. The molecule has 0 radical (unpaired) electrons. The highest BCUT2D eigenvalue weighted by molar-refractivity contribution is 7.89. The number of piperazine rings is 1. The molecule has 0 saturated carbocycles. The van der Waals surface area contributed by atoms with Gasteiger partial charge in [0.15, 0.2) is 0 Å². The van der Waals surface area contributed by atoms with Crippen molar-refractivity contribution in [1.29, 1.82) is 0 Å². The maximum Gasteiger partial charge on any atom is 0.253 e. The third-order valence-electron chi connectivity index (χ3n) is 4.53. The standard InChI is InChI=1S/C18H23N3O4S/c1-2-20-9-11-21(12-10-20)18(22)15-5-7-17(8-6-15)26(23,24)19-14-16-4-3-13-25-16/h3-8,13,19H,2,9-12,14H2,1H3. The second-order valence-electron chi connectivity index (χ2n) is 6.15. The summed E-state index contributed by atoms with van der Waals surface area (Å²) in [7, 11) is -3.66. The average Bonchev–Trinajstić information content (AvgIpc) is 3.20. The summed E-state index contributed by atoms with van der Waals surface area (Å²) in [5, 5.41) is 0. The Morgan fingerprint density at radius 3 is 2.38 bits per heavy atom. The van der Waals surface area contributed by atoms with E-state index in [1.165, 1.54) is 18.4 Å². The molecule has 7 nitrogen and oxygen atoms in total. The minimum Gasteiger partial charge on any atom is -0.468 e. The lowest BCUT2D eigenvalue weighted by molar-refractivity contribution is 0.0643. The molecule has 26 heavy (non-hydrogen) atoms. The summed E-state index contributed by atoms with van der Waals surface area (Å²) in [6.45, 7) is 6.29. The maximum atomic E-state index is 12.6. The van der Waals surface area contributed by atoms with E-state index in [1.807, 2.05) is 4.90 Å². The van der Waals surface area contributed by atoms with E-state index in [1.54, 1.807) is 24.3 Å². The summed E-state index contributed by atoms with van der Waals surface area (Å²) in [6, 6.07) is 9.44. The maximum absolute atomic E-state index is 12.6. The van der Waals surface area contributed by atoms with E-state index in [9.17, 15) is 13.2 Å². The minimum atomic E-state index is -3.66. The Bertz CT molecular complexity index is 824. The Kier molecular flexibility index (Phi) is 5.75. The largest absolute Gasteiger partial charge is 0.468 e. The lowest BCUT2D eigenvalue weighted by Crippen LogP contribution is -2.48. The van der Waals surface area contributed by atoms with Crippen LogP contribution in [-0.4, -0.2) is 56.8 Å². The van der Waals surface area contributed by atoms with Crippen molar-refractivity contribution in [2.24, 2.45) is 0 Å². The highest BCUT2D eigenvalue weighted by Gasteiger charge is 2.22.